The maximum Gasteiger partial charge on any atom is 0.368 e. The van der Waals surface area contributed by atoms with Crippen molar-refractivity contribution in [3.05, 3.63) is 101 Å². The van der Waals surface area contributed by atoms with Gasteiger partial charge in [0.15, 0.2) is 0 Å². The van der Waals surface area contributed by atoms with Crippen LogP contribution in [-0.4, -0.2) is 24.8 Å². The number of tetrazole rings is 1. The Kier molecular flexibility index (Phi) is 4.99. The summed E-state index contributed by atoms with van der Waals surface area (Å²) in [6, 6.07) is 23.9. The molecule has 0 fully saturated rings. The second kappa shape index (κ2) is 8.11. The first-order chi connectivity index (χ1) is 15.6. The molecule has 0 spiro atoms. The molecule has 0 aliphatic heterocycles. The molecule has 0 saturated heterocycles. The first-order valence-electron chi connectivity index (χ1n) is 10.3. The van der Waals surface area contributed by atoms with Crippen LogP contribution in [0.25, 0.3) is 27.7 Å². The van der Waals surface area contributed by atoms with Gasteiger partial charge in [-0.15, -0.1) is 0 Å². The Morgan fingerprint density at radius 3 is 2.59 bits per heavy atom. The number of benzene rings is 3. The molecule has 7 nitrogen and oxygen atoms in total. The fraction of sp³-hybridized carbons (Fsp3) is 0.120. The second-order valence-electron chi connectivity index (χ2n) is 7.60. The Labute approximate surface area is 184 Å². The zero-order valence-electron chi connectivity index (χ0n) is 17.8. The first-order valence-corrected chi connectivity index (χ1v) is 10.3. The fourth-order valence-corrected chi connectivity index (χ4v) is 3.71. The van der Waals surface area contributed by atoms with Crippen LogP contribution in [0.15, 0.2) is 83.8 Å². The van der Waals surface area contributed by atoms with Gasteiger partial charge in [-0.05, 0) is 70.4 Å². The minimum absolute atomic E-state index is 0.301. The van der Waals surface area contributed by atoms with E-state index in [1.807, 2.05) is 55.5 Å². The van der Waals surface area contributed by atoms with E-state index in [-0.39, 0.29) is 5.69 Å². The van der Waals surface area contributed by atoms with Gasteiger partial charge in [0.2, 0.25) is 0 Å². The van der Waals surface area contributed by atoms with Crippen molar-refractivity contribution < 1.29 is 4.74 Å². The van der Waals surface area contributed by atoms with Crippen LogP contribution < -0.4 is 10.4 Å². The summed E-state index contributed by atoms with van der Waals surface area (Å²) in [6.07, 6.45) is 1.80. The van der Waals surface area contributed by atoms with Crippen LogP contribution >= 0.6 is 0 Å². The third kappa shape index (κ3) is 3.65. The molecule has 3 aromatic carbocycles. The van der Waals surface area contributed by atoms with Gasteiger partial charge in [-0.3, -0.25) is 4.98 Å². The summed E-state index contributed by atoms with van der Waals surface area (Å²) in [5, 5.41) is 8.89. The minimum Gasteiger partial charge on any atom is -0.489 e. The van der Waals surface area contributed by atoms with Crippen LogP contribution in [0.3, 0.4) is 0 Å². The predicted molar refractivity (Wildman–Crippen MR) is 123 cm³/mol. The van der Waals surface area contributed by atoms with Gasteiger partial charge in [0.05, 0.1) is 11.2 Å². The second-order valence-corrected chi connectivity index (χ2v) is 7.60. The van der Waals surface area contributed by atoms with Gasteiger partial charge in [0.25, 0.3) is 0 Å². The third-order valence-electron chi connectivity index (χ3n) is 5.49. The molecule has 2 heterocycles. The number of aryl methyl sites for hydroxylation is 2. The van der Waals surface area contributed by atoms with E-state index in [9.17, 15) is 4.79 Å². The standard InChI is InChI=1S/C25H21N5O2/c1-17-6-3-10-24(30-25(31)29(2)27-28-30)22(17)16-32-21-9-4-7-18(15-21)19-11-12-23-20(14-19)8-5-13-26-23/h3-15H,16H2,1-2H3. The number of aromatic nitrogens is 5. The molecule has 0 N–H and O–H groups in total. The Hall–Kier alpha value is -4.26. The third-order valence-corrected chi connectivity index (χ3v) is 5.49. The van der Waals surface area contributed by atoms with E-state index in [4.69, 9.17) is 4.74 Å². The van der Waals surface area contributed by atoms with Crippen LogP contribution in [0.1, 0.15) is 11.1 Å². The van der Waals surface area contributed by atoms with Crippen molar-refractivity contribution in [1.29, 1.82) is 0 Å². The maximum atomic E-state index is 12.4. The summed E-state index contributed by atoms with van der Waals surface area (Å²) in [6.45, 7) is 2.29. The highest BCUT2D eigenvalue weighted by molar-refractivity contribution is 5.84. The van der Waals surface area contributed by atoms with Crippen molar-refractivity contribution in [2.75, 3.05) is 0 Å². The Morgan fingerprint density at radius 2 is 1.75 bits per heavy atom. The van der Waals surface area contributed by atoms with Crippen molar-refractivity contribution in [3.8, 4) is 22.6 Å². The molecule has 2 aromatic heterocycles. The Balaban J connectivity index is 1.44. The van der Waals surface area contributed by atoms with Gasteiger partial charge in [-0.25, -0.2) is 4.79 Å². The molecule has 0 aliphatic rings. The highest BCUT2D eigenvalue weighted by atomic mass is 16.5. The lowest BCUT2D eigenvalue weighted by atomic mass is 10.0. The number of hydrogen-bond donors (Lipinski definition) is 0. The molecular weight excluding hydrogens is 402 g/mol. The number of nitrogens with zero attached hydrogens (tertiary/aromatic N) is 5. The van der Waals surface area contributed by atoms with Gasteiger partial charge in [0.1, 0.15) is 12.4 Å². The summed E-state index contributed by atoms with van der Waals surface area (Å²) in [7, 11) is 1.58. The molecule has 32 heavy (non-hydrogen) atoms. The summed E-state index contributed by atoms with van der Waals surface area (Å²) in [4.78, 5) is 16.7. The van der Waals surface area contributed by atoms with Crippen molar-refractivity contribution >= 4 is 10.9 Å². The van der Waals surface area contributed by atoms with Crippen LogP contribution in [0.4, 0.5) is 0 Å². The van der Waals surface area contributed by atoms with E-state index in [1.54, 1.807) is 13.2 Å². The van der Waals surface area contributed by atoms with Crippen LogP contribution in [0.2, 0.25) is 0 Å². The monoisotopic (exact) mass is 423 g/mol. The molecule has 5 aromatic rings. The van der Waals surface area contributed by atoms with Gasteiger partial charge in [-0.2, -0.15) is 9.36 Å². The smallest absolute Gasteiger partial charge is 0.368 e. The topological polar surface area (TPSA) is 74.8 Å². The normalized spacial score (nSPS) is 11.1. The molecule has 0 bridgehead atoms. The number of hydrogen-bond acceptors (Lipinski definition) is 5. The van der Waals surface area contributed by atoms with Crippen LogP contribution in [0, 0.1) is 6.92 Å². The van der Waals surface area contributed by atoms with E-state index in [0.717, 1.165) is 38.9 Å². The average Bonchev–Trinajstić information content (AvgIpc) is 3.16. The molecule has 158 valence electrons. The van der Waals surface area contributed by atoms with E-state index >= 15 is 0 Å². The van der Waals surface area contributed by atoms with Gasteiger partial charge in [-0.1, -0.05) is 36.4 Å². The summed E-state index contributed by atoms with van der Waals surface area (Å²) in [5.74, 6) is 0.745. The average molecular weight is 423 g/mol. The van der Waals surface area contributed by atoms with E-state index < -0.39 is 0 Å². The highest BCUT2D eigenvalue weighted by Crippen LogP contribution is 2.27. The lowest BCUT2D eigenvalue weighted by molar-refractivity contribution is 0.305. The van der Waals surface area contributed by atoms with Crippen LogP contribution in [-0.2, 0) is 13.7 Å². The molecule has 0 aliphatic carbocycles. The zero-order chi connectivity index (χ0) is 22.1. The molecule has 0 radical (unpaired) electrons. The molecule has 5 rings (SSSR count). The van der Waals surface area contributed by atoms with Crippen molar-refractivity contribution in [3.63, 3.8) is 0 Å². The van der Waals surface area contributed by atoms with Crippen molar-refractivity contribution in [2.24, 2.45) is 7.05 Å². The summed E-state index contributed by atoms with van der Waals surface area (Å²) < 4.78 is 8.65. The quantitative estimate of drug-likeness (QED) is 0.426. The van der Waals surface area contributed by atoms with Crippen molar-refractivity contribution in [2.45, 2.75) is 13.5 Å². The van der Waals surface area contributed by atoms with E-state index in [0.29, 0.717) is 12.3 Å². The Morgan fingerprint density at radius 1 is 0.906 bits per heavy atom. The fourth-order valence-electron chi connectivity index (χ4n) is 3.71. The molecule has 0 atom stereocenters. The molecule has 7 heteroatoms. The van der Waals surface area contributed by atoms with Gasteiger partial charge < -0.3 is 4.74 Å². The molecule has 0 unspecified atom stereocenters. The predicted octanol–water partition coefficient (Wildman–Crippen LogP) is 4.07. The lowest BCUT2D eigenvalue weighted by Crippen LogP contribution is -2.23. The highest BCUT2D eigenvalue weighted by Gasteiger charge is 2.13. The van der Waals surface area contributed by atoms with Gasteiger partial charge >= 0.3 is 5.69 Å². The number of rotatable bonds is 5. The molecule has 0 saturated carbocycles. The zero-order valence-corrected chi connectivity index (χ0v) is 17.8. The number of ether oxygens (including phenoxy) is 1. The summed E-state index contributed by atoms with van der Waals surface area (Å²) >= 11 is 0. The number of fused-ring (bicyclic) bond motifs is 1. The lowest BCUT2D eigenvalue weighted by Gasteiger charge is -2.13. The SMILES string of the molecule is Cc1cccc(-n2nnn(C)c2=O)c1COc1cccc(-c2ccc3ncccc3c2)c1. The van der Waals surface area contributed by atoms with Gasteiger partial charge in [0, 0.05) is 24.2 Å². The largest absolute Gasteiger partial charge is 0.489 e. The summed E-state index contributed by atoms with van der Waals surface area (Å²) in [5.41, 5.74) is 5.39. The minimum atomic E-state index is -0.301. The molecular formula is C25H21N5O2. The Bertz CT molecular complexity index is 1490. The first kappa shape index (κ1) is 19.7. The maximum absolute atomic E-state index is 12.4. The van der Waals surface area contributed by atoms with Crippen LogP contribution in [0.5, 0.6) is 5.75 Å². The number of pyridine rings is 1. The van der Waals surface area contributed by atoms with Crippen molar-refractivity contribution in [1.82, 2.24) is 24.8 Å². The molecule has 0 amide bonds. The van der Waals surface area contributed by atoms with E-state index in [2.05, 4.69) is 39.7 Å². The van der Waals surface area contributed by atoms with E-state index in [1.165, 1.54) is 9.36 Å².